The van der Waals surface area contributed by atoms with Gasteiger partial charge in [0.15, 0.2) is 0 Å². The number of aryl methyl sites for hydroxylation is 1. The smallest absolute Gasteiger partial charge is 0.259 e. The summed E-state index contributed by atoms with van der Waals surface area (Å²) in [5, 5.41) is 12.4. The molecule has 4 heterocycles. The predicted octanol–water partition coefficient (Wildman–Crippen LogP) is 2.06. The minimum absolute atomic E-state index is 0.00919. The Labute approximate surface area is 142 Å². The molecule has 24 heavy (non-hydrogen) atoms. The van der Waals surface area contributed by atoms with Gasteiger partial charge in [-0.15, -0.1) is 21.5 Å². The summed E-state index contributed by atoms with van der Waals surface area (Å²) >= 11 is 1.47. The zero-order chi connectivity index (χ0) is 16.5. The fourth-order valence-electron chi connectivity index (χ4n) is 2.91. The van der Waals surface area contributed by atoms with Gasteiger partial charge in [-0.3, -0.25) is 9.48 Å². The zero-order valence-corrected chi connectivity index (χ0v) is 13.9. The average Bonchev–Trinajstić information content (AvgIpc) is 3.34. The molecule has 4 rings (SSSR count). The van der Waals surface area contributed by atoms with Gasteiger partial charge in [0.2, 0.25) is 11.8 Å². The average molecular weight is 344 g/mol. The van der Waals surface area contributed by atoms with Gasteiger partial charge < -0.3 is 9.32 Å². The summed E-state index contributed by atoms with van der Waals surface area (Å²) in [6.45, 7) is 2.83. The van der Waals surface area contributed by atoms with Gasteiger partial charge in [0.05, 0.1) is 11.2 Å². The van der Waals surface area contributed by atoms with E-state index in [1.165, 1.54) is 11.3 Å². The quantitative estimate of drug-likeness (QED) is 0.719. The maximum absolute atomic E-state index is 12.6. The molecule has 0 aromatic carbocycles. The predicted molar refractivity (Wildman–Crippen MR) is 86.1 cm³/mol. The van der Waals surface area contributed by atoms with Crippen LogP contribution in [-0.4, -0.2) is 42.3 Å². The molecule has 0 N–H and O–H groups in total. The third kappa shape index (κ3) is 2.71. The lowest BCUT2D eigenvalue weighted by molar-refractivity contribution is -0.133. The highest BCUT2D eigenvalue weighted by atomic mass is 32.1. The number of rotatable bonds is 4. The number of hydrogen-bond donors (Lipinski definition) is 0. The van der Waals surface area contributed by atoms with Crippen LogP contribution in [0, 0.1) is 6.92 Å². The number of thiazole rings is 1. The topological polar surface area (TPSA) is 89.9 Å². The number of carbonyl (C=O) groups is 1. The van der Waals surface area contributed by atoms with Gasteiger partial charge in [0, 0.05) is 18.9 Å². The van der Waals surface area contributed by atoms with E-state index in [0.717, 1.165) is 23.4 Å². The first-order chi connectivity index (χ1) is 11.7. The molecule has 124 valence electrons. The highest BCUT2D eigenvalue weighted by Gasteiger charge is 2.34. The van der Waals surface area contributed by atoms with Gasteiger partial charge in [-0.1, -0.05) is 0 Å². The second-order valence-electron chi connectivity index (χ2n) is 5.66. The van der Waals surface area contributed by atoms with Gasteiger partial charge in [-0.2, -0.15) is 5.10 Å². The molecule has 3 aromatic heterocycles. The van der Waals surface area contributed by atoms with E-state index in [0.29, 0.717) is 18.3 Å². The lowest BCUT2D eigenvalue weighted by Crippen LogP contribution is -2.33. The third-order valence-corrected chi connectivity index (χ3v) is 5.01. The van der Waals surface area contributed by atoms with Crippen molar-refractivity contribution in [1.29, 1.82) is 0 Å². The molecule has 3 aromatic rings. The Morgan fingerprint density at radius 1 is 1.46 bits per heavy atom. The van der Waals surface area contributed by atoms with Crippen molar-refractivity contribution >= 4 is 17.2 Å². The molecule has 1 aliphatic rings. The molecule has 0 bridgehead atoms. The first kappa shape index (κ1) is 15.0. The summed E-state index contributed by atoms with van der Waals surface area (Å²) in [6.07, 6.45) is 5.19. The van der Waals surface area contributed by atoms with E-state index in [2.05, 4.69) is 20.3 Å². The van der Waals surface area contributed by atoms with Gasteiger partial charge >= 0.3 is 0 Å². The first-order valence-electron chi connectivity index (χ1n) is 7.73. The highest BCUT2D eigenvalue weighted by Crippen LogP contribution is 2.34. The van der Waals surface area contributed by atoms with E-state index in [1.807, 2.05) is 6.92 Å². The zero-order valence-electron chi connectivity index (χ0n) is 13.1. The van der Waals surface area contributed by atoms with Gasteiger partial charge in [0.25, 0.3) is 5.89 Å². The second-order valence-corrected chi connectivity index (χ2v) is 6.52. The van der Waals surface area contributed by atoms with E-state index in [4.69, 9.17) is 4.42 Å². The minimum Gasteiger partial charge on any atom is -0.418 e. The number of aromatic nitrogens is 5. The van der Waals surface area contributed by atoms with Crippen LogP contribution in [0.15, 0.2) is 28.4 Å². The molecule has 1 atom stereocenters. The third-order valence-electron chi connectivity index (χ3n) is 4.10. The van der Waals surface area contributed by atoms with Crippen LogP contribution < -0.4 is 0 Å². The van der Waals surface area contributed by atoms with Crippen LogP contribution in [0.4, 0.5) is 0 Å². The molecule has 1 aliphatic heterocycles. The van der Waals surface area contributed by atoms with Crippen LogP contribution >= 0.6 is 11.3 Å². The van der Waals surface area contributed by atoms with Crippen molar-refractivity contribution in [3.8, 4) is 10.8 Å². The standard InChI is InChI=1S/C15H16N6O2S/c1-10-13(24-9-16-10)15-19-18-14(23-15)11-4-2-7-21(11)12(22)8-20-6-3-5-17-20/h3,5-6,9,11H,2,4,7-8H2,1H3/t11-/m1/s1. The summed E-state index contributed by atoms with van der Waals surface area (Å²) in [5.74, 6) is 0.968. The summed E-state index contributed by atoms with van der Waals surface area (Å²) in [5.41, 5.74) is 2.62. The van der Waals surface area contributed by atoms with Gasteiger partial charge in [-0.05, 0) is 25.8 Å². The van der Waals surface area contributed by atoms with Crippen molar-refractivity contribution in [3.63, 3.8) is 0 Å². The monoisotopic (exact) mass is 344 g/mol. The molecular weight excluding hydrogens is 328 g/mol. The lowest BCUT2D eigenvalue weighted by Gasteiger charge is -2.21. The summed E-state index contributed by atoms with van der Waals surface area (Å²) in [6, 6.07) is 1.64. The number of carbonyl (C=O) groups excluding carboxylic acids is 1. The van der Waals surface area contributed by atoms with Crippen molar-refractivity contribution in [2.75, 3.05) is 6.54 Å². The summed E-state index contributed by atoms with van der Waals surface area (Å²) in [7, 11) is 0. The molecule has 1 fully saturated rings. The number of likely N-dealkylation sites (tertiary alicyclic amines) is 1. The molecule has 0 aliphatic carbocycles. The largest absolute Gasteiger partial charge is 0.418 e. The number of amides is 1. The number of nitrogens with zero attached hydrogens (tertiary/aromatic N) is 6. The molecule has 9 heteroatoms. The summed E-state index contributed by atoms with van der Waals surface area (Å²) < 4.78 is 7.46. The van der Waals surface area contributed by atoms with Crippen LogP contribution in [-0.2, 0) is 11.3 Å². The van der Waals surface area contributed by atoms with Crippen LogP contribution in [0.3, 0.4) is 0 Å². The van der Waals surface area contributed by atoms with Crippen molar-refractivity contribution in [2.45, 2.75) is 32.4 Å². The Morgan fingerprint density at radius 2 is 2.38 bits per heavy atom. The Morgan fingerprint density at radius 3 is 3.12 bits per heavy atom. The minimum atomic E-state index is -0.164. The second kappa shape index (κ2) is 6.16. The Bertz CT molecular complexity index is 840. The fourth-order valence-corrected chi connectivity index (χ4v) is 3.64. The van der Waals surface area contributed by atoms with E-state index in [1.54, 1.807) is 33.6 Å². The van der Waals surface area contributed by atoms with Gasteiger partial charge in [-0.25, -0.2) is 4.98 Å². The first-order valence-corrected chi connectivity index (χ1v) is 8.61. The Kier molecular flexibility index (Phi) is 3.85. The molecule has 1 amide bonds. The maximum Gasteiger partial charge on any atom is 0.259 e. The van der Waals surface area contributed by atoms with Crippen molar-refractivity contribution < 1.29 is 9.21 Å². The Balaban J connectivity index is 1.54. The van der Waals surface area contributed by atoms with E-state index >= 15 is 0 Å². The van der Waals surface area contributed by atoms with Crippen molar-refractivity contribution in [1.82, 2.24) is 29.9 Å². The van der Waals surface area contributed by atoms with Crippen LogP contribution in [0.5, 0.6) is 0 Å². The molecule has 0 spiro atoms. The number of hydrogen-bond acceptors (Lipinski definition) is 7. The van der Waals surface area contributed by atoms with Crippen LogP contribution in [0.25, 0.3) is 10.8 Å². The fraction of sp³-hybridized carbons (Fsp3) is 0.400. The molecule has 1 saturated heterocycles. The van der Waals surface area contributed by atoms with Crippen LogP contribution in [0.1, 0.15) is 30.5 Å². The molecule has 8 nitrogen and oxygen atoms in total. The molecule has 0 unspecified atom stereocenters. The summed E-state index contributed by atoms with van der Waals surface area (Å²) in [4.78, 5) is 19.4. The van der Waals surface area contributed by atoms with Crippen molar-refractivity contribution in [3.05, 3.63) is 35.6 Å². The maximum atomic E-state index is 12.6. The van der Waals surface area contributed by atoms with E-state index in [9.17, 15) is 4.79 Å². The molecule has 0 saturated carbocycles. The Hall–Kier alpha value is -2.55. The van der Waals surface area contributed by atoms with Crippen LogP contribution in [0.2, 0.25) is 0 Å². The lowest BCUT2D eigenvalue weighted by atomic mass is 10.2. The highest BCUT2D eigenvalue weighted by molar-refractivity contribution is 7.13. The van der Waals surface area contributed by atoms with E-state index in [-0.39, 0.29) is 18.5 Å². The SMILES string of the molecule is Cc1ncsc1-c1nnc([C@H]2CCCN2C(=O)Cn2cccn2)o1. The van der Waals surface area contributed by atoms with E-state index < -0.39 is 0 Å². The van der Waals surface area contributed by atoms with Gasteiger partial charge in [0.1, 0.15) is 17.5 Å². The van der Waals surface area contributed by atoms with Crippen molar-refractivity contribution in [2.24, 2.45) is 0 Å². The molecular formula is C15H16N6O2S. The normalized spacial score (nSPS) is 17.5. The molecule has 0 radical (unpaired) electrons.